The molecule has 0 spiro atoms. The number of nitrogens with zero attached hydrogens (tertiary/aromatic N) is 1. The Balaban J connectivity index is 1.94. The van der Waals surface area contributed by atoms with Crippen molar-refractivity contribution in [3.63, 3.8) is 0 Å². The third kappa shape index (κ3) is 6.52. The molecule has 0 aliphatic carbocycles. The van der Waals surface area contributed by atoms with Crippen LogP contribution in [0.4, 0.5) is 0 Å². The van der Waals surface area contributed by atoms with Crippen molar-refractivity contribution in [1.82, 2.24) is 10.2 Å². The number of hydrogen-bond acceptors (Lipinski definition) is 4. The van der Waals surface area contributed by atoms with E-state index in [4.69, 9.17) is 9.47 Å². The highest BCUT2D eigenvalue weighted by Gasteiger charge is 2.24. The molecular formula is C23H30N2O4. The van der Waals surface area contributed by atoms with Crippen molar-refractivity contribution in [1.29, 1.82) is 0 Å². The molecule has 2 aromatic carbocycles. The molecule has 6 heteroatoms. The molecule has 2 amide bonds. The molecule has 156 valence electrons. The van der Waals surface area contributed by atoms with E-state index in [2.05, 4.69) is 5.32 Å². The predicted octanol–water partition coefficient (Wildman–Crippen LogP) is 3.19. The van der Waals surface area contributed by atoms with Crippen LogP contribution < -0.4 is 14.8 Å². The summed E-state index contributed by atoms with van der Waals surface area (Å²) in [6.07, 6.45) is 1.06. The summed E-state index contributed by atoms with van der Waals surface area (Å²) in [6.45, 7) is 4.45. The molecule has 1 atom stereocenters. The molecule has 0 aliphatic heterocycles. The summed E-state index contributed by atoms with van der Waals surface area (Å²) in [6, 6.07) is 14.7. The minimum absolute atomic E-state index is 0.0568. The van der Waals surface area contributed by atoms with E-state index >= 15 is 0 Å². The lowest BCUT2D eigenvalue weighted by molar-refractivity contribution is -0.140. The number of benzene rings is 2. The number of carbonyl (C=O) groups is 2. The monoisotopic (exact) mass is 398 g/mol. The van der Waals surface area contributed by atoms with Gasteiger partial charge in [0.25, 0.3) is 0 Å². The van der Waals surface area contributed by atoms with Gasteiger partial charge in [-0.05, 0) is 48.7 Å². The van der Waals surface area contributed by atoms with Gasteiger partial charge in [0, 0.05) is 19.5 Å². The van der Waals surface area contributed by atoms with Crippen molar-refractivity contribution >= 4 is 11.8 Å². The molecule has 1 N–H and O–H groups in total. The van der Waals surface area contributed by atoms with Crippen LogP contribution >= 0.6 is 0 Å². The number of carbonyl (C=O) groups excluding carboxylic acids is 2. The Morgan fingerprint density at radius 1 is 0.931 bits per heavy atom. The average Bonchev–Trinajstić information content (AvgIpc) is 2.77. The van der Waals surface area contributed by atoms with Crippen molar-refractivity contribution in [3.8, 4) is 11.5 Å². The van der Waals surface area contributed by atoms with Crippen LogP contribution in [0.1, 0.15) is 31.4 Å². The summed E-state index contributed by atoms with van der Waals surface area (Å²) in [4.78, 5) is 26.7. The second-order valence-corrected chi connectivity index (χ2v) is 6.79. The lowest BCUT2D eigenvalue weighted by atomic mass is 10.1. The van der Waals surface area contributed by atoms with Gasteiger partial charge >= 0.3 is 0 Å². The average molecular weight is 399 g/mol. The highest BCUT2D eigenvalue weighted by Crippen LogP contribution is 2.16. The molecule has 0 heterocycles. The maximum Gasteiger partial charge on any atom is 0.242 e. The minimum atomic E-state index is -0.555. The molecule has 0 saturated heterocycles. The fraction of sp³-hybridized carbons (Fsp3) is 0.391. The van der Waals surface area contributed by atoms with Gasteiger partial charge < -0.3 is 19.7 Å². The summed E-state index contributed by atoms with van der Waals surface area (Å²) in [7, 11) is 3.24. The maximum atomic E-state index is 12.6. The number of hydrogen-bond donors (Lipinski definition) is 1. The van der Waals surface area contributed by atoms with Gasteiger partial charge in [-0.1, -0.05) is 31.2 Å². The van der Waals surface area contributed by atoms with E-state index in [1.165, 1.54) is 0 Å². The summed E-state index contributed by atoms with van der Waals surface area (Å²) < 4.78 is 10.3. The topological polar surface area (TPSA) is 67.9 Å². The standard InChI is InChI=1S/C23H30N2O4/c1-5-22(26)25(16-19-8-12-21(29-4)13-9-19)17(2)23(27)24-15-14-18-6-10-20(28-3)11-7-18/h6-13,17H,5,14-16H2,1-4H3,(H,24,27)/t17-/m1/s1. The maximum absolute atomic E-state index is 12.6. The SMILES string of the molecule is CCC(=O)N(Cc1ccc(OC)cc1)[C@H](C)C(=O)NCCc1ccc(OC)cc1. The van der Waals surface area contributed by atoms with Crippen LogP contribution in [0.25, 0.3) is 0 Å². The molecular weight excluding hydrogens is 368 g/mol. The molecule has 2 rings (SSSR count). The van der Waals surface area contributed by atoms with Crippen LogP contribution in [0.2, 0.25) is 0 Å². The first-order valence-electron chi connectivity index (χ1n) is 9.81. The van der Waals surface area contributed by atoms with E-state index in [1.807, 2.05) is 48.5 Å². The van der Waals surface area contributed by atoms with E-state index in [-0.39, 0.29) is 11.8 Å². The van der Waals surface area contributed by atoms with Crippen LogP contribution in [0.5, 0.6) is 11.5 Å². The van der Waals surface area contributed by atoms with Crippen molar-refractivity contribution in [3.05, 3.63) is 59.7 Å². The highest BCUT2D eigenvalue weighted by molar-refractivity contribution is 5.87. The van der Waals surface area contributed by atoms with Crippen LogP contribution in [0.15, 0.2) is 48.5 Å². The number of methoxy groups -OCH3 is 2. The van der Waals surface area contributed by atoms with Crippen molar-refractivity contribution < 1.29 is 19.1 Å². The Bertz CT molecular complexity index is 788. The largest absolute Gasteiger partial charge is 0.497 e. The van der Waals surface area contributed by atoms with Gasteiger partial charge in [0.1, 0.15) is 17.5 Å². The van der Waals surface area contributed by atoms with Gasteiger partial charge in [0.15, 0.2) is 0 Å². The zero-order valence-corrected chi connectivity index (χ0v) is 17.6. The number of nitrogens with one attached hydrogen (secondary N) is 1. The third-order valence-corrected chi connectivity index (χ3v) is 4.85. The number of ether oxygens (including phenoxy) is 2. The van der Waals surface area contributed by atoms with E-state index in [0.717, 1.165) is 22.6 Å². The van der Waals surface area contributed by atoms with Gasteiger partial charge in [-0.2, -0.15) is 0 Å². The van der Waals surface area contributed by atoms with Gasteiger partial charge in [-0.25, -0.2) is 0 Å². The minimum Gasteiger partial charge on any atom is -0.497 e. The predicted molar refractivity (Wildman–Crippen MR) is 113 cm³/mol. The Labute approximate surface area is 172 Å². The fourth-order valence-electron chi connectivity index (χ4n) is 2.98. The lowest BCUT2D eigenvalue weighted by Crippen LogP contribution is -2.47. The number of rotatable bonds is 10. The van der Waals surface area contributed by atoms with E-state index < -0.39 is 6.04 Å². The Hall–Kier alpha value is -3.02. The summed E-state index contributed by atoms with van der Waals surface area (Å²) in [5, 5.41) is 2.94. The zero-order valence-electron chi connectivity index (χ0n) is 17.6. The van der Waals surface area contributed by atoms with E-state index in [1.54, 1.807) is 33.0 Å². The molecule has 6 nitrogen and oxygen atoms in total. The van der Waals surface area contributed by atoms with Crippen LogP contribution in [0, 0.1) is 0 Å². The third-order valence-electron chi connectivity index (χ3n) is 4.85. The van der Waals surface area contributed by atoms with Gasteiger partial charge in [-0.3, -0.25) is 9.59 Å². The molecule has 0 radical (unpaired) electrons. The summed E-state index contributed by atoms with van der Waals surface area (Å²) >= 11 is 0. The first kappa shape index (κ1) is 22.3. The molecule has 0 unspecified atom stereocenters. The second kappa shape index (κ2) is 11.1. The lowest BCUT2D eigenvalue weighted by Gasteiger charge is -2.28. The molecule has 0 saturated carbocycles. The van der Waals surface area contributed by atoms with Crippen LogP contribution in [-0.4, -0.2) is 43.5 Å². The van der Waals surface area contributed by atoms with Gasteiger partial charge in [0.2, 0.25) is 11.8 Å². The van der Waals surface area contributed by atoms with Gasteiger partial charge in [0.05, 0.1) is 14.2 Å². The van der Waals surface area contributed by atoms with Crippen LogP contribution in [0.3, 0.4) is 0 Å². The van der Waals surface area contributed by atoms with E-state index in [0.29, 0.717) is 25.9 Å². The van der Waals surface area contributed by atoms with Crippen LogP contribution in [-0.2, 0) is 22.6 Å². The molecule has 0 fully saturated rings. The fourth-order valence-corrected chi connectivity index (χ4v) is 2.98. The quantitative estimate of drug-likeness (QED) is 0.667. The smallest absolute Gasteiger partial charge is 0.242 e. The first-order chi connectivity index (χ1) is 14.0. The first-order valence-corrected chi connectivity index (χ1v) is 9.81. The Kier molecular flexibility index (Phi) is 8.52. The Morgan fingerprint density at radius 2 is 1.45 bits per heavy atom. The molecule has 0 aliphatic rings. The summed E-state index contributed by atoms with van der Waals surface area (Å²) in [5.74, 6) is 1.34. The molecule has 29 heavy (non-hydrogen) atoms. The highest BCUT2D eigenvalue weighted by atomic mass is 16.5. The van der Waals surface area contributed by atoms with Crippen molar-refractivity contribution in [2.24, 2.45) is 0 Å². The van der Waals surface area contributed by atoms with E-state index in [9.17, 15) is 9.59 Å². The normalized spacial score (nSPS) is 11.4. The van der Waals surface area contributed by atoms with Crippen molar-refractivity contribution in [2.45, 2.75) is 39.3 Å². The zero-order chi connectivity index (χ0) is 21.2. The molecule has 2 aromatic rings. The second-order valence-electron chi connectivity index (χ2n) is 6.79. The molecule has 0 bridgehead atoms. The van der Waals surface area contributed by atoms with Gasteiger partial charge in [-0.15, -0.1) is 0 Å². The Morgan fingerprint density at radius 3 is 1.93 bits per heavy atom. The number of amides is 2. The summed E-state index contributed by atoms with van der Waals surface area (Å²) in [5.41, 5.74) is 2.06. The van der Waals surface area contributed by atoms with Crippen molar-refractivity contribution in [2.75, 3.05) is 20.8 Å². The molecule has 0 aromatic heterocycles.